The van der Waals surface area contributed by atoms with Gasteiger partial charge in [-0.3, -0.25) is 19.2 Å². The maximum absolute atomic E-state index is 11.6. The predicted octanol–water partition coefficient (Wildman–Crippen LogP) is -3.47. The lowest BCUT2D eigenvalue weighted by molar-refractivity contribution is -0.150. The van der Waals surface area contributed by atoms with Crippen LogP contribution in [0, 0.1) is 0 Å². The van der Waals surface area contributed by atoms with Crippen molar-refractivity contribution in [2.75, 3.05) is 79.0 Å². The van der Waals surface area contributed by atoms with E-state index in [1.807, 2.05) is 0 Å². The van der Waals surface area contributed by atoms with Crippen LogP contribution in [0.25, 0.3) is 0 Å². The molecule has 0 aromatic heterocycles. The van der Waals surface area contributed by atoms with Crippen molar-refractivity contribution >= 4 is 35.3 Å². The third kappa shape index (κ3) is 17.6. The van der Waals surface area contributed by atoms with Gasteiger partial charge in [-0.2, -0.15) is 0 Å². The van der Waals surface area contributed by atoms with E-state index in [9.17, 15) is 28.8 Å². The van der Waals surface area contributed by atoms with Crippen LogP contribution in [0.3, 0.4) is 0 Å². The molecule has 2 rings (SSSR count). The number of aliphatic carboxylic acids is 1. The summed E-state index contributed by atoms with van der Waals surface area (Å²) in [6.45, 7) is 1.13. The van der Waals surface area contributed by atoms with E-state index in [4.69, 9.17) is 35.4 Å². The van der Waals surface area contributed by atoms with Crippen molar-refractivity contribution in [1.29, 1.82) is 0 Å². The zero-order valence-corrected chi connectivity index (χ0v) is 19.8. The van der Waals surface area contributed by atoms with Gasteiger partial charge in [0.1, 0.15) is 19.8 Å². The summed E-state index contributed by atoms with van der Waals surface area (Å²) in [4.78, 5) is 68.1. The van der Waals surface area contributed by atoms with E-state index in [0.29, 0.717) is 52.6 Å². The summed E-state index contributed by atoms with van der Waals surface area (Å²) in [6.07, 6.45) is 0. The van der Waals surface area contributed by atoms with Crippen LogP contribution in [0.15, 0.2) is 24.2 Å². The second-order valence-electron chi connectivity index (χ2n) is 6.69. The second-order valence-corrected chi connectivity index (χ2v) is 6.69. The zero-order valence-electron chi connectivity index (χ0n) is 23.8. The number of carboxylic acid groups (broad SMARTS) is 1. The van der Waals surface area contributed by atoms with Crippen LogP contribution in [-0.4, -0.2) is 145 Å². The number of hydrogen-bond donors (Lipinski definition) is 4. The molecule has 15 heteroatoms. The number of ether oxygens (including phenoxy) is 3. The van der Waals surface area contributed by atoms with Gasteiger partial charge in [-0.1, -0.05) is 0 Å². The molecule has 4 N–H and O–H groups in total. The Morgan fingerprint density at radius 1 is 0.703 bits per heavy atom. The van der Waals surface area contributed by atoms with Crippen molar-refractivity contribution in [2.24, 2.45) is 0 Å². The summed E-state index contributed by atoms with van der Waals surface area (Å²) in [6, 6.07) is -4.03. The highest BCUT2D eigenvalue weighted by Crippen LogP contribution is 1.98. The second kappa shape index (κ2) is 20.7. The summed E-state index contributed by atoms with van der Waals surface area (Å²) in [7, 11) is 0. The first-order valence-electron chi connectivity index (χ1n) is 12.7. The van der Waals surface area contributed by atoms with Crippen molar-refractivity contribution in [2.45, 2.75) is 0 Å². The van der Waals surface area contributed by atoms with Crippen molar-refractivity contribution < 1.29 is 68.9 Å². The van der Waals surface area contributed by atoms with E-state index >= 15 is 0 Å². The fraction of sp³-hybridized carbons (Fsp3) is 0.545. The third-order valence-electron chi connectivity index (χ3n) is 4.09. The highest BCUT2D eigenvalue weighted by atomic mass is 16.5. The van der Waals surface area contributed by atoms with Gasteiger partial charge in [0.25, 0.3) is 5.91 Å². The average molecular weight is 537 g/mol. The molecule has 0 radical (unpaired) electrons. The molecule has 2 fully saturated rings. The number of esters is 1. The van der Waals surface area contributed by atoms with E-state index < -0.39 is 73.4 Å². The minimum atomic E-state index is -1.66. The van der Waals surface area contributed by atoms with Crippen LogP contribution in [0.1, 0.15) is 5.48 Å². The summed E-state index contributed by atoms with van der Waals surface area (Å²) >= 11 is 0. The molecular weight excluding hydrogens is 500 g/mol. The molecule has 0 aromatic rings. The molecule has 208 valence electrons. The highest BCUT2D eigenvalue weighted by Gasteiger charge is 2.17. The van der Waals surface area contributed by atoms with Crippen LogP contribution < -0.4 is 0 Å². The molecule has 0 aromatic carbocycles. The summed E-state index contributed by atoms with van der Waals surface area (Å²) in [5, 5.41) is 33.2. The molecule has 0 aliphatic carbocycles. The lowest BCUT2D eigenvalue weighted by Crippen LogP contribution is -2.42. The molecule has 2 aliphatic rings. The van der Waals surface area contributed by atoms with Gasteiger partial charge < -0.3 is 44.4 Å². The van der Waals surface area contributed by atoms with E-state index in [1.165, 1.54) is 4.90 Å². The molecular formula is C22H32N2O13. The Kier molecular flexibility index (Phi) is 14.8. The normalized spacial score (nSPS) is 17.8. The summed E-state index contributed by atoms with van der Waals surface area (Å²) < 4.78 is 42.4. The van der Waals surface area contributed by atoms with Crippen LogP contribution >= 0.6 is 0 Å². The van der Waals surface area contributed by atoms with E-state index in [-0.39, 0.29) is 12.5 Å². The fourth-order valence-corrected chi connectivity index (χ4v) is 2.30. The number of aliphatic hydroxyl groups is 3. The lowest BCUT2D eigenvalue weighted by atomic mass is 10.3. The van der Waals surface area contributed by atoms with Gasteiger partial charge in [-0.25, -0.2) is 9.59 Å². The van der Waals surface area contributed by atoms with Crippen molar-refractivity contribution in [3.63, 3.8) is 0 Å². The standard InChI is InChI=1S/C11H15NO6.C6H11NO3.C5H6O4/c13-7-9(14)1-2-11(16)18-8-10(15)12-3-5-17-6-4-12;8-5-6(9)7-1-3-10-4-2-7;6-3-4(7)1-2-5(8)9/h1-2,13H,3-8H2;8H,1-5H2;1-2,6H,3H2,(H,8,9)/b2-1+;;2-1+/i1D,2D;;1D,2D. The zero-order chi connectivity index (χ0) is 31.5. The van der Waals surface area contributed by atoms with Gasteiger partial charge in [0, 0.05) is 38.3 Å². The molecule has 2 aliphatic heterocycles. The number of nitrogens with zero attached hydrogens (tertiary/aromatic N) is 2. The third-order valence-corrected chi connectivity index (χ3v) is 4.09. The maximum Gasteiger partial charge on any atom is 0.331 e. The minimum Gasteiger partial charge on any atom is -0.478 e. The molecule has 0 spiro atoms. The Morgan fingerprint density at radius 3 is 1.54 bits per heavy atom. The van der Waals surface area contributed by atoms with Gasteiger partial charge in [0.15, 0.2) is 18.2 Å². The monoisotopic (exact) mass is 536 g/mol. The number of carbonyl (C=O) groups is 6. The highest BCUT2D eigenvalue weighted by molar-refractivity contribution is 5.97. The number of carboxylic acids is 1. The molecule has 15 nitrogen and oxygen atoms in total. The number of aliphatic hydroxyl groups excluding tert-OH is 3. The first-order chi connectivity index (χ1) is 19.3. The quantitative estimate of drug-likeness (QED) is 0.166. The van der Waals surface area contributed by atoms with Crippen molar-refractivity contribution in [3.8, 4) is 0 Å². The van der Waals surface area contributed by atoms with E-state index in [1.54, 1.807) is 4.90 Å². The van der Waals surface area contributed by atoms with E-state index in [0.717, 1.165) is 0 Å². The van der Waals surface area contributed by atoms with Gasteiger partial charge in [0.2, 0.25) is 5.91 Å². The maximum atomic E-state index is 11.6. The lowest BCUT2D eigenvalue weighted by Gasteiger charge is -2.26. The number of ketones is 2. The molecule has 0 unspecified atom stereocenters. The fourth-order valence-electron chi connectivity index (χ4n) is 2.30. The van der Waals surface area contributed by atoms with E-state index in [2.05, 4.69) is 4.74 Å². The average Bonchev–Trinajstić information content (AvgIpc) is 3.01. The van der Waals surface area contributed by atoms with Gasteiger partial charge >= 0.3 is 11.9 Å². The van der Waals surface area contributed by atoms with Gasteiger partial charge in [-0.05, 0) is 12.1 Å². The number of rotatable bonds is 9. The van der Waals surface area contributed by atoms with Crippen LogP contribution in [0.2, 0.25) is 0 Å². The van der Waals surface area contributed by atoms with Crippen LogP contribution in [-0.2, 0) is 43.0 Å². The predicted molar refractivity (Wildman–Crippen MR) is 123 cm³/mol. The smallest absolute Gasteiger partial charge is 0.331 e. The number of hydrogen-bond acceptors (Lipinski definition) is 12. The first kappa shape index (κ1) is 26.6. The Morgan fingerprint density at radius 2 is 1.14 bits per heavy atom. The van der Waals surface area contributed by atoms with Crippen LogP contribution in [0.5, 0.6) is 0 Å². The minimum absolute atomic E-state index is 0.205. The molecule has 37 heavy (non-hydrogen) atoms. The number of morpholine rings is 2. The molecule has 2 saturated heterocycles. The number of carbonyl (C=O) groups excluding carboxylic acids is 5. The van der Waals surface area contributed by atoms with Crippen LogP contribution in [0.4, 0.5) is 0 Å². The molecule has 0 saturated carbocycles. The Bertz CT molecular complexity index is 1010. The van der Waals surface area contributed by atoms with Crippen molar-refractivity contribution in [3.05, 3.63) is 24.2 Å². The van der Waals surface area contributed by atoms with Gasteiger partial charge in [0.05, 0.1) is 31.9 Å². The Labute approximate surface area is 218 Å². The Hall–Kier alpha value is -3.50. The Balaban J connectivity index is 0.000000643. The molecule has 0 bridgehead atoms. The van der Waals surface area contributed by atoms with Crippen molar-refractivity contribution in [1.82, 2.24) is 9.80 Å². The SMILES string of the molecule is O=C(CO)N1CCOCC1.[2H]/C(C(=O)CO)=C(/[2H])C(=O)OCC(=O)N1CCOCC1.[2H]/C(C(=O)O)=C(/[2H])C(=O)CO. The summed E-state index contributed by atoms with van der Waals surface area (Å²) in [5.41, 5.74) is 0. The topological polar surface area (TPSA) is 218 Å². The first-order valence-corrected chi connectivity index (χ1v) is 10.7. The largest absolute Gasteiger partial charge is 0.478 e. The van der Waals surface area contributed by atoms with Gasteiger partial charge in [-0.15, -0.1) is 0 Å². The molecule has 2 amide bonds. The molecule has 0 atom stereocenters. The number of amides is 2. The molecule has 2 heterocycles. The summed E-state index contributed by atoms with van der Waals surface area (Å²) in [5.74, 6) is -5.68.